The van der Waals surface area contributed by atoms with Crippen LogP contribution < -0.4 is 5.32 Å². The molecule has 5 heteroatoms. The van der Waals surface area contributed by atoms with Crippen molar-refractivity contribution in [1.82, 2.24) is 10.2 Å². The van der Waals surface area contributed by atoms with Crippen LogP contribution >= 0.6 is 0 Å². The summed E-state index contributed by atoms with van der Waals surface area (Å²) in [5.74, 6) is -0.752. The molecule has 0 spiro atoms. The van der Waals surface area contributed by atoms with Crippen LogP contribution in [0.3, 0.4) is 0 Å². The molecule has 126 valence electrons. The number of rotatable bonds is 8. The van der Waals surface area contributed by atoms with Gasteiger partial charge >= 0.3 is 5.97 Å². The highest BCUT2D eigenvalue weighted by molar-refractivity contribution is 5.94. The molecule has 1 aromatic carbocycles. The van der Waals surface area contributed by atoms with E-state index in [9.17, 15) is 9.59 Å². The number of nitrogens with one attached hydrogen (secondary N) is 1. The fraction of sp³-hybridized carbons (Fsp3) is 0.556. The number of piperidine rings is 1. The Hall–Kier alpha value is -1.88. The Kier molecular flexibility index (Phi) is 7.07. The molecule has 0 bridgehead atoms. The van der Waals surface area contributed by atoms with E-state index in [4.69, 9.17) is 5.11 Å². The Balaban J connectivity index is 1.77. The van der Waals surface area contributed by atoms with Gasteiger partial charge in [0.05, 0.1) is 0 Å². The Morgan fingerprint density at radius 1 is 1.17 bits per heavy atom. The molecule has 1 atom stereocenters. The van der Waals surface area contributed by atoms with Gasteiger partial charge in [0.1, 0.15) is 0 Å². The summed E-state index contributed by atoms with van der Waals surface area (Å²) in [6.45, 7) is 2.62. The molecule has 0 radical (unpaired) electrons. The summed E-state index contributed by atoms with van der Waals surface area (Å²) in [6, 6.07) is 9.63. The summed E-state index contributed by atoms with van der Waals surface area (Å²) in [5.41, 5.74) is 0.691. The summed E-state index contributed by atoms with van der Waals surface area (Å²) in [6.07, 6.45) is 5.32. The van der Waals surface area contributed by atoms with Gasteiger partial charge in [0.2, 0.25) is 0 Å². The molecule has 2 N–H and O–H groups in total. The van der Waals surface area contributed by atoms with Gasteiger partial charge in [0.25, 0.3) is 5.91 Å². The van der Waals surface area contributed by atoms with E-state index in [2.05, 4.69) is 10.2 Å². The summed E-state index contributed by atoms with van der Waals surface area (Å²) in [4.78, 5) is 25.1. The average molecular weight is 318 g/mol. The maximum atomic E-state index is 12.1. The molecule has 1 heterocycles. The normalized spacial score (nSPS) is 18.5. The van der Waals surface area contributed by atoms with Crippen molar-refractivity contribution in [2.24, 2.45) is 0 Å². The van der Waals surface area contributed by atoms with Crippen molar-refractivity contribution >= 4 is 11.9 Å². The quantitative estimate of drug-likeness (QED) is 0.723. The first-order valence-electron chi connectivity index (χ1n) is 8.46. The van der Waals surface area contributed by atoms with E-state index in [1.54, 1.807) is 0 Å². The standard InChI is InChI=1S/C18H26N2O3/c21-17(22)11-5-7-13-20-12-6-4-10-16(20)14-19-18(23)15-8-2-1-3-9-15/h1-3,8-9,16H,4-7,10-14H2,(H,19,23)(H,21,22). The van der Waals surface area contributed by atoms with Crippen LogP contribution in [0.5, 0.6) is 0 Å². The minimum Gasteiger partial charge on any atom is -0.481 e. The van der Waals surface area contributed by atoms with Crippen molar-refractivity contribution in [3.05, 3.63) is 35.9 Å². The zero-order chi connectivity index (χ0) is 16.5. The molecule has 1 amide bonds. The second-order valence-corrected chi connectivity index (χ2v) is 6.11. The molecular formula is C18H26N2O3. The lowest BCUT2D eigenvalue weighted by molar-refractivity contribution is -0.137. The first-order chi connectivity index (χ1) is 11.2. The number of nitrogens with zero attached hydrogens (tertiary/aromatic N) is 1. The molecule has 5 nitrogen and oxygen atoms in total. The number of likely N-dealkylation sites (tertiary alicyclic amines) is 1. The van der Waals surface area contributed by atoms with E-state index in [0.29, 0.717) is 18.2 Å². The Morgan fingerprint density at radius 3 is 2.70 bits per heavy atom. The number of unbranched alkanes of at least 4 members (excludes halogenated alkanes) is 1. The molecular weight excluding hydrogens is 292 g/mol. The largest absolute Gasteiger partial charge is 0.481 e. The fourth-order valence-corrected chi connectivity index (χ4v) is 3.08. The van der Waals surface area contributed by atoms with Crippen LogP contribution in [0.15, 0.2) is 30.3 Å². The molecule has 1 aromatic rings. The van der Waals surface area contributed by atoms with Crippen LogP contribution in [0.25, 0.3) is 0 Å². The van der Waals surface area contributed by atoms with E-state index in [1.807, 2.05) is 30.3 Å². The van der Waals surface area contributed by atoms with Crippen molar-refractivity contribution in [2.45, 2.75) is 44.6 Å². The van der Waals surface area contributed by atoms with Gasteiger partial charge in [-0.2, -0.15) is 0 Å². The van der Waals surface area contributed by atoms with E-state index in [-0.39, 0.29) is 12.3 Å². The van der Waals surface area contributed by atoms with Gasteiger partial charge in [-0.3, -0.25) is 14.5 Å². The zero-order valence-corrected chi connectivity index (χ0v) is 13.5. The van der Waals surface area contributed by atoms with E-state index >= 15 is 0 Å². The number of carboxylic acids is 1. The predicted octanol–water partition coefficient (Wildman–Crippen LogP) is 2.53. The van der Waals surface area contributed by atoms with Crippen LogP contribution in [-0.4, -0.2) is 47.6 Å². The summed E-state index contributed by atoms with van der Waals surface area (Å²) in [5, 5.41) is 11.7. The summed E-state index contributed by atoms with van der Waals surface area (Å²) in [7, 11) is 0. The highest BCUT2D eigenvalue weighted by atomic mass is 16.4. The van der Waals surface area contributed by atoms with Gasteiger partial charge < -0.3 is 10.4 Å². The third-order valence-corrected chi connectivity index (χ3v) is 4.37. The van der Waals surface area contributed by atoms with Gasteiger partial charge in [-0.15, -0.1) is 0 Å². The van der Waals surface area contributed by atoms with Crippen LogP contribution in [0.4, 0.5) is 0 Å². The number of carbonyl (C=O) groups excluding carboxylic acids is 1. The number of amides is 1. The Morgan fingerprint density at radius 2 is 1.96 bits per heavy atom. The molecule has 0 aliphatic carbocycles. The molecule has 1 saturated heterocycles. The van der Waals surface area contributed by atoms with Crippen molar-refractivity contribution in [3.63, 3.8) is 0 Å². The number of aliphatic carboxylic acids is 1. The number of carbonyl (C=O) groups is 2. The van der Waals surface area contributed by atoms with Gasteiger partial charge in [0, 0.05) is 24.6 Å². The third-order valence-electron chi connectivity index (χ3n) is 4.37. The Bertz CT molecular complexity index is 504. The predicted molar refractivity (Wildman–Crippen MR) is 89.5 cm³/mol. The SMILES string of the molecule is O=C(O)CCCCN1CCCCC1CNC(=O)c1ccccc1. The molecule has 2 rings (SSSR count). The van der Waals surface area contributed by atoms with Crippen molar-refractivity contribution < 1.29 is 14.7 Å². The third kappa shape index (κ3) is 6.02. The highest BCUT2D eigenvalue weighted by Gasteiger charge is 2.22. The lowest BCUT2D eigenvalue weighted by Crippen LogP contribution is -2.47. The van der Waals surface area contributed by atoms with Crippen molar-refractivity contribution in [3.8, 4) is 0 Å². The molecule has 1 aliphatic heterocycles. The van der Waals surface area contributed by atoms with Crippen LogP contribution in [0.1, 0.15) is 48.9 Å². The molecule has 0 aromatic heterocycles. The summed E-state index contributed by atoms with van der Waals surface area (Å²) < 4.78 is 0. The van der Waals surface area contributed by atoms with E-state index in [1.165, 1.54) is 12.8 Å². The number of carboxylic acid groups (broad SMARTS) is 1. The Labute approximate surface area is 137 Å². The monoisotopic (exact) mass is 318 g/mol. The van der Waals surface area contributed by atoms with Crippen LogP contribution in [-0.2, 0) is 4.79 Å². The van der Waals surface area contributed by atoms with Crippen molar-refractivity contribution in [2.75, 3.05) is 19.6 Å². The molecule has 1 unspecified atom stereocenters. The fourth-order valence-electron chi connectivity index (χ4n) is 3.08. The lowest BCUT2D eigenvalue weighted by atomic mass is 10.0. The minimum absolute atomic E-state index is 0.0259. The topological polar surface area (TPSA) is 69.6 Å². The second kappa shape index (κ2) is 9.30. The van der Waals surface area contributed by atoms with Gasteiger partial charge in [-0.05, 0) is 50.9 Å². The van der Waals surface area contributed by atoms with Crippen LogP contribution in [0.2, 0.25) is 0 Å². The number of hydrogen-bond donors (Lipinski definition) is 2. The lowest BCUT2D eigenvalue weighted by Gasteiger charge is -2.35. The van der Waals surface area contributed by atoms with Gasteiger partial charge in [-0.25, -0.2) is 0 Å². The first kappa shape index (κ1) is 17.5. The van der Waals surface area contributed by atoms with Crippen LogP contribution in [0, 0.1) is 0 Å². The average Bonchev–Trinajstić information content (AvgIpc) is 2.58. The second-order valence-electron chi connectivity index (χ2n) is 6.11. The zero-order valence-electron chi connectivity index (χ0n) is 13.5. The van der Waals surface area contributed by atoms with Crippen molar-refractivity contribution in [1.29, 1.82) is 0 Å². The molecule has 1 fully saturated rings. The molecule has 1 aliphatic rings. The smallest absolute Gasteiger partial charge is 0.303 e. The van der Waals surface area contributed by atoms with E-state index < -0.39 is 5.97 Å². The summed E-state index contributed by atoms with van der Waals surface area (Å²) >= 11 is 0. The van der Waals surface area contributed by atoms with Gasteiger partial charge in [0.15, 0.2) is 0 Å². The highest BCUT2D eigenvalue weighted by Crippen LogP contribution is 2.17. The maximum absolute atomic E-state index is 12.1. The minimum atomic E-state index is -0.727. The molecule has 0 saturated carbocycles. The van der Waals surface area contributed by atoms with E-state index in [0.717, 1.165) is 32.4 Å². The number of hydrogen-bond acceptors (Lipinski definition) is 3. The van der Waals surface area contributed by atoms with Gasteiger partial charge in [-0.1, -0.05) is 24.6 Å². The number of benzene rings is 1. The molecule has 23 heavy (non-hydrogen) atoms. The first-order valence-corrected chi connectivity index (χ1v) is 8.46. The maximum Gasteiger partial charge on any atom is 0.303 e.